The minimum atomic E-state index is -0.772. The van der Waals surface area contributed by atoms with Gasteiger partial charge in [0.25, 0.3) is 0 Å². The van der Waals surface area contributed by atoms with E-state index in [1.54, 1.807) is 24.3 Å². The van der Waals surface area contributed by atoms with Crippen LogP contribution >= 0.6 is 0 Å². The van der Waals surface area contributed by atoms with Gasteiger partial charge in [0.2, 0.25) is 0 Å². The number of benzene rings is 1. The monoisotopic (exact) mass is 448 g/mol. The van der Waals surface area contributed by atoms with Crippen molar-refractivity contribution < 1.29 is 24.2 Å². The third-order valence-electron chi connectivity index (χ3n) is 9.83. The fraction of sp³-hybridized carbons (Fsp3) is 0.571. The Balaban J connectivity index is 1.42. The number of carbonyl (C=O) groups is 2. The van der Waals surface area contributed by atoms with Gasteiger partial charge in [-0.05, 0) is 67.9 Å². The molecule has 6 rings (SSSR count). The number of ether oxygens (including phenoxy) is 2. The smallest absolute Gasteiger partial charge is 0.316 e. The van der Waals surface area contributed by atoms with Gasteiger partial charge in [-0.3, -0.25) is 9.59 Å². The SMILES string of the molecule is CC[C@H]1[C@@H]2CC3=C(C)[C@H](c4ccc(O)cc4)C[C@@H]3O[C@@H]2[C@@H]2OC(=O)[C@]3(C)C=CC(=O)[C@@]1(C)[C@@H]23. The van der Waals surface area contributed by atoms with Gasteiger partial charge >= 0.3 is 5.97 Å². The second-order valence-corrected chi connectivity index (χ2v) is 11.2. The van der Waals surface area contributed by atoms with E-state index in [9.17, 15) is 14.7 Å². The average Bonchev–Trinajstić information content (AvgIpc) is 3.26. The Morgan fingerprint density at radius 2 is 1.85 bits per heavy atom. The van der Waals surface area contributed by atoms with Gasteiger partial charge in [0.05, 0.1) is 17.6 Å². The number of hydrogen-bond donors (Lipinski definition) is 1. The minimum absolute atomic E-state index is 0.00677. The Labute approximate surface area is 194 Å². The lowest BCUT2D eigenvalue weighted by molar-refractivity contribution is -0.202. The Morgan fingerprint density at radius 3 is 2.55 bits per heavy atom. The molecule has 5 heteroatoms. The van der Waals surface area contributed by atoms with Crippen LogP contribution in [0.25, 0.3) is 0 Å². The van der Waals surface area contributed by atoms with Crippen molar-refractivity contribution in [1.82, 2.24) is 0 Å². The number of esters is 1. The standard InChI is InChI=1S/C28H32O5/c1-5-20-19-12-18-14(2)17(15-6-8-16(29)9-7-15)13-21(18)32-23(19)24-25-27(3,26(31)33-24)11-10-22(30)28(20,25)4/h6-11,17,19-21,23-25,29H,5,12-13H2,1-4H3/t17-,19+,20+,21+,23+,24+,25+,27-,28+/m1/s1. The van der Waals surface area contributed by atoms with E-state index in [0.29, 0.717) is 0 Å². The van der Waals surface area contributed by atoms with E-state index in [-0.39, 0.29) is 59.5 Å². The van der Waals surface area contributed by atoms with Crippen molar-refractivity contribution in [3.8, 4) is 5.75 Å². The number of fused-ring (bicyclic) bond motifs is 3. The molecule has 0 spiro atoms. The second kappa shape index (κ2) is 6.82. The predicted molar refractivity (Wildman–Crippen MR) is 122 cm³/mol. The molecule has 3 aliphatic carbocycles. The zero-order chi connectivity index (χ0) is 23.3. The molecular weight excluding hydrogens is 416 g/mol. The molecule has 0 aromatic heterocycles. The Kier molecular flexibility index (Phi) is 4.37. The molecule has 1 aromatic carbocycles. The van der Waals surface area contributed by atoms with Crippen LogP contribution in [0.1, 0.15) is 58.4 Å². The number of rotatable bonds is 2. The van der Waals surface area contributed by atoms with Crippen LogP contribution in [0.4, 0.5) is 0 Å². The van der Waals surface area contributed by atoms with E-state index < -0.39 is 10.8 Å². The predicted octanol–water partition coefficient (Wildman–Crippen LogP) is 4.70. The summed E-state index contributed by atoms with van der Waals surface area (Å²) in [5.41, 5.74) is 2.47. The van der Waals surface area contributed by atoms with Crippen LogP contribution < -0.4 is 0 Å². The van der Waals surface area contributed by atoms with E-state index in [0.717, 1.165) is 19.3 Å². The van der Waals surface area contributed by atoms with Gasteiger partial charge in [-0.15, -0.1) is 0 Å². The van der Waals surface area contributed by atoms with Crippen LogP contribution in [-0.2, 0) is 19.1 Å². The third-order valence-corrected chi connectivity index (χ3v) is 9.83. The molecular formula is C28H32O5. The first kappa shape index (κ1) is 21.2. The van der Waals surface area contributed by atoms with Crippen LogP contribution in [0.15, 0.2) is 47.6 Å². The molecule has 174 valence electrons. The summed E-state index contributed by atoms with van der Waals surface area (Å²) in [5.74, 6) is 0.506. The number of ketones is 1. The van der Waals surface area contributed by atoms with Crippen LogP contribution in [0.3, 0.4) is 0 Å². The van der Waals surface area contributed by atoms with E-state index in [4.69, 9.17) is 9.47 Å². The summed E-state index contributed by atoms with van der Waals surface area (Å²) in [5, 5.41) is 9.71. The molecule has 1 saturated carbocycles. The molecule has 2 heterocycles. The molecule has 9 atom stereocenters. The van der Waals surface area contributed by atoms with Crippen LogP contribution in [0.5, 0.6) is 5.75 Å². The van der Waals surface area contributed by atoms with E-state index >= 15 is 0 Å². The summed E-state index contributed by atoms with van der Waals surface area (Å²) in [7, 11) is 0. The van der Waals surface area contributed by atoms with Crippen LogP contribution in [-0.4, -0.2) is 35.2 Å². The second-order valence-electron chi connectivity index (χ2n) is 11.2. The molecule has 5 nitrogen and oxygen atoms in total. The molecule has 33 heavy (non-hydrogen) atoms. The molecule has 1 N–H and O–H groups in total. The van der Waals surface area contributed by atoms with E-state index in [1.165, 1.54) is 16.7 Å². The summed E-state index contributed by atoms with van der Waals surface area (Å²) in [6.45, 7) is 8.37. The van der Waals surface area contributed by atoms with Crippen molar-refractivity contribution >= 4 is 11.8 Å². The van der Waals surface area contributed by atoms with Crippen molar-refractivity contribution in [1.29, 1.82) is 0 Å². The van der Waals surface area contributed by atoms with Crippen LogP contribution in [0.2, 0.25) is 0 Å². The summed E-state index contributed by atoms with van der Waals surface area (Å²) < 4.78 is 12.9. The lowest BCUT2D eigenvalue weighted by Gasteiger charge is -2.58. The highest BCUT2D eigenvalue weighted by atomic mass is 16.6. The Morgan fingerprint density at radius 1 is 1.12 bits per heavy atom. The highest BCUT2D eigenvalue weighted by molar-refractivity contribution is 6.00. The first-order valence-electron chi connectivity index (χ1n) is 12.3. The van der Waals surface area contributed by atoms with Crippen molar-refractivity contribution in [3.63, 3.8) is 0 Å². The maximum absolute atomic E-state index is 13.4. The molecule has 3 fully saturated rings. The summed E-state index contributed by atoms with van der Waals surface area (Å²) >= 11 is 0. The molecule has 1 aromatic rings. The number of aromatic hydroxyl groups is 1. The average molecular weight is 449 g/mol. The molecule has 0 unspecified atom stereocenters. The first-order chi connectivity index (χ1) is 15.7. The minimum Gasteiger partial charge on any atom is -0.508 e. The number of phenols is 1. The van der Waals surface area contributed by atoms with Gasteiger partial charge in [0, 0.05) is 17.3 Å². The normalized spacial score (nSPS) is 45.5. The summed E-state index contributed by atoms with van der Waals surface area (Å²) in [6, 6.07) is 7.47. The zero-order valence-electron chi connectivity index (χ0n) is 19.7. The molecule has 0 radical (unpaired) electrons. The lowest BCUT2D eigenvalue weighted by atomic mass is 9.45. The topological polar surface area (TPSA) is 72.8 Å². The van der Waals surface area contributed by atoms with Gasteiger partial charge in [0.15, 0.2) is 5.78 Å². The van der Waals surface area contributed by atoms with E-state index in [2.05, 4.69) is 20.8 Å². The van der Waals surface area contributed by atoms with Gasteiger partial charge in [0.1, 0.15) is 11.9 Å². The largest absolute Gasteiger partial charge is 0.508 e. The molecule has 0 amide bonds. The Bertz CT molecular complexity index is 1100. The molecule has 2 aliphatic heterocycles. The van der Waals surface area contributed by atoms with Gasteiger partial charge in [-0.25, -0.2) is 0 Å². The number of hydrogen-bond acceptors (Lipinski definition) is 5. The van der Waals surface area contributed by atoms with E-state index in [1.807, 2.05) is 19.1 Å². The highest BCUT2D eigenvalue weighted by Gasteiger charge is 2.72. The van der Waals surface area contributed by atoms with Crippen molar-refractivity contribution in [2.24, 2.45) is 28.6 Å². The quantitative estimate of drug-likeness (QED) is 0.524. The Hall–Kier alpha value is -2.40. The third kappa shape index (κ3) is 2.57. The lowest BCUT2D eigenvalue weighted by Crippen LogP contribution is -2.64. The van der Waals surface area contributed by atoms with Crippen molar-refractivity contribution in [3.05, 3.63) is 53.1 Å². The summed E-state index contributed by atoms with van der Waals surface area (Å²) in [6.07, 6.45) is 5.48. The van der Waals surface area contributed by atoms with Crippen molar-refractivity contribution in [2.45, 2.75) is 71.2 Å². The number of allylic oxidation sites excluding steroid dienone is 2. The fourth-order valence-corrected chi connectivity index (χ4v) is 8.23. The van der Waals surface area contributed by atoms with Gasteiger partial charge < -0.3 is 14.6 Å². The van der Waals surface area contributed by atoms with Crippen molar-refractivity contribution in [2.75, 3.05) is 0 Å². The fourth-order valence-electron chi connectivity index (χ4n) is 8.23. The number of carbonyl (C=O) groups excluding carboxylic acids is 2. The molecule has 0 bridgehead atoms. The van der Waals surface area contributed by atoms with Gasteiger partial charge in [-0.2, -0.15) is 0 Å². The van der Waals surface area contributed by atoms with Crippen LogP contribution in [0, 0.1) is 28.6 Å². The zero-order valence-corrected chi connectivity index (χ0v) is 19.7. The highest BCUT2D eigenvalue weighted by Crippen LogP contribution is 2.65. The number of phenolic OH excluding ortho intramolecular Hbond substituents is 1. The maximum Gasteiger partial charge on any atom is 0.316 e. The van der Waals surface area contributed by atoms with Gasteiger partial charge in [-0.1, -0.05) is 44.1 Å². The maximum atomic E-state index is 13.4. The molecule has 5 aliphatic rings. The summed E-state index contributed by atoms with van der Waals surface area (Å²) in [4.78, 5) is 26.5. The first-order valence-corrected chi connectivity index (χ1v) is 12.3. The molecule has 2 saturated heterocycles.